The molecule has 0 radical (unpaired) electrons. The van der Waals surface area contributed by atoms with Gasteiger partial charge in [0.1, 0.15) is 19.3 Å². The lowest BCUT2D eigenvalue weighted by atomic mass is 10.0. The van der Waals surface area contributed by atoms with Crippen LogP contribution in [0.15, 0.2) is 0 Å². The van der Waals surface area contributed by atoms with E-state index in [1.54, 1.807) is 0 Å². The predicted octanol–water partition coefficient (Wildman–Crippen LogP) is 19.0. The standard InChI is InChI=1S/C67H130O17P2/c1-6-9-12-15-17-19-21-22-23-24-25-26-27-28-29-30-32-34-36-42-47-52-66(71)83-63(57-78-65(70)51-46-41-35-33-31-20-18-16-13-10-7-2)59-82-86(75,76)80-55-61(68)54-79-85(73,74)81-58-62(56-77-64(69)50-45-39-14-11-8-3)84-67(72)53-48-43-38-37-40-44-49-60(4)5/h60-63,68H,6-59H2,1-5H3,(H,73,74)(H,75,76)/t61-,62+,63+/m0/s1. The van der Waals surface area contributed by atoms with Crippen LogP contribution < -0.4 is 0 Å². The molecule has 0 spiro atoms. The minimum absolute atomic E-state index is 0.101. The van der Waals surface area contributed by atoms with Crippen LogP contribution in [0, 0.1) is 5.92 Å². The number of esters is 4. The Hall–Kier alpha value is -1.94. The summed E-state index contributed by atoms with van der Waals surface area (Å²) in [5.74, 6) is -1.47. The zero-order chi connectivity index (χ0) is 63.5. The van der Waals surface area contributed by atoms with Crippen LogP contribution in [0.2, 0.25) is 0 Å². The van der Waals surface area contributed by atoms with Gasteiger partial charge in [-0.2, -0.15) is 0 Å². The molecule has 5 atom stereocenters. The Morgan fingerprint density at radius 3 is 0.791 bits per heavy atom. The highest BCUT2D eigenvalue weighted by molar-refractivity contribution is 7.47. The second kappa shape index (κ2) is 60.6. The average molecular weight is 1270 g/mol. The van der Waals surface area contributed by atoms with Crippen LogP contribution in [0.3, 0.4) is 0 Å². The maximum Gasteiger partial charge on any atom is 0.472 e. The van der Waals surface area contributed by atoms with Crippen LogP contribution in [0.1, 0.15) is 343 Å². The van der Waals surface area contributed by atoms with Gasteiger partial charge in [0.15, 0.2) is 12.2 Å². The largest absolute Gasteiger partial charge is 0.472 e. The summed E-state index contributed by atoms with van der Waals surface area (Å²) >= 11 is 0. The molecule has 0 aromatic heterocycles. The fraction of sp³-hybridized carbons (Fsp3) is 0.940. The zero-order valence-electron chi connectivity index (χ0n) is 55.4. The maximum absolute atomic E-state index is 13.0. The molecule has 19 heteroatoms. The molecule has 3 N–H and O–H groups in total. The van der Waals surface area contributed by atoms with E-state index in [1.807, 2.05) is 0 Å². The van der Waals surface area contributed by atoms with Crippen LogP contribution in [-0.2, 0) is 65.4 Å². The van der Waals surface area contributed by atoms with Crippen molar-refractivity contribution in [1.82, 2.24) is 0 Å². The Labute approximate surface area is 524 Å². The molecule has 0 aliphatic heterocycles. The van der Waals surface area contributed by atoms with Gasteiger partial charge in [0, 0.05) is 25.7 Å². The number of hydrogen-bond donors (Lipinski definition) is 3. The molecule has 2 unspecified atom stereocenters. The number of hydrogen-bond acceptors (Lipinski definition) is 15. The van der Waals surface area contributed by atoms with E-state index in [2.05, 4.69) is 34.6 Å². The maximum atomic E-state index is 13.0. The van der Waals surface area contributed by atoms with E-state index in [0.717, 1.165) is 96.3 Å². The van der Waals surface area contributed by atoms with Gasteiger partial charge in [-0.05, 0) is 31.6 Å². The van der Waals surface area contributed by atoms with Crippen LogP contribution in [-0.4, -0.2) is 96.7 Å². The van der Waals surface area contributed by atoms with Gasteiger partial charge in [-0.1, -0.05) is 291 Å². The zero-order valence-corrected chi connectivity index (χ0v) is 57.2. The molecule has 0 fully saturated rings. The number of ether oxygens (including phenoxy) is 4. The van der Waals surface area contributed by atoms with Gasteiger partial charge in [0.2, 0.25) is 0 Å². The van der Waals surface area contributed by atoms with Crippen molar-refractivity contribution in [2.24, 2.45) is 5.92 Å². The first-order valence-corrected chi connectivity index (χ1v) is 38.1. The van der Waals surface area contributed by atoms with Crippen molar-refractivity contribution in [1.29, 1.82) is 0 Å². The fourth-order valence-corrected chi connectivity index (χ4v) is 11.7. The first kappa shape index (κ1) is 84.1. The van der Waals surface area contributed by atoms with Crippen LogP contribution >= 0.6 is 15.6 Å². The summed E-state index contributed by atoms with van der Waals surface area (Å²) in [5, 5.41) is 10.5. The molecule has 0 saturated carbocycles. The Morgan fingerprint density at radius 1 is 0.314 bits per heavy atom. The number of carbonyl (C=O) groups is 4. The predicted molar refractivity (Wildman–Crippen MR) is 345 cm³/mol. The number of phosphoric acid groups is 2. The average Bonchev–Trinajstić information content (AvgIpc) is 3.65. The summed E-state index contributed by atoms with van der Waals surface area (Å²) in [5.41, 5.74) is 0. The lowest BCUT2D eigenvalue weighted by Gasteiger charge is -2.21. The third kappa shape index (κ3) is 60.9. The molecule has 0 saturated heterocycles. The second-order valence-corrected chi connectivity index (χ2v) is 27.6. The number of phosphoric ester groups is 2. The molecule has 17 nitrogen and oxygen atoms in total. The molecule has 0 aromatic rings. The van der Waals surface area contributed by atoms with E-state index in [9.17, 15) is 43.2 Å². The Morgan fingerprint density at radius 2 is 0.535 bits per heavy atom. The smallest absolute Gasteiger partial charge is 0.462 e. The lowest BCUT2D eigenvalue weighted by molar-refractivity contribution is -0.161. The van der Waals surface area contributed by atoms with Crippen molar-refractivity contribution in [3.8, 4) is 0 Å². The number of carbonyl (C=O) groups excluding carboxylic acids is 4. The van der Waals surface area contributed by atoms with E-state index in [4.69, 9.17) is 37.0 Å². The first-order chi connectivity index (χ1) is 41.5. The molecule has 0 amide bonds. The number of aliphatic hydroxyl groups is 1. The van der Waals surface area contributed by atoms with E-state index < -0.39 is 97.5 Å². The molecule has 0 aliphatic carbocycles. The minimum Gasteiger partial charge on any atom is -0.462 e. The molecule has 0 heterocycles. The SMILES string of the molecule is CCCCCCCCCCCCCCCCCCCCCCCC(=O)O[C@H](COC(=O)CCCCCCCCCCCCC)COP(=O)(O)OC[C@@H](O)COP(=O)(O)OC[C@@H](COC(=O)CCCCCCC)OC(=O)CCCCCCCCC(C)C. The van der Waals surface area contributed by atoms with Crippen molar-refractivity contribution in [2.75, 3.05) is 39.6 Å². The highest BCUT2D eigenvalue weighted by Gasteiger charge is 2.30. The van der Waals surface area contributed by atoms with Crippen molar-refractivity contribution in [3.05, 3.63) is 0 Å². The molecule has 510 valence electrons. The Balaban J connectivity index is 5.08. The minimum atomic E-state index is -4.94. The molecule has 0 rings (SSSR count). The molecule has 86 heavy (non-hydrogen) atoms. The van der Waals surface area contributed by atoms with Crippen LogP contribution in [0.4, 0.5) is 0 Å². The van der Waals surface area contributed by atoms with Gasteiger partial charge in [0.05, 0.1) is 26.4 Å². The van der Waals surface area contributed by atoms with E-state index in [1.165, 1.54) is 161 Å². The van der Waals surface area contributed by atoms with Crippen LogP contribution in [0.5, 0.6) is 0 Å². The van der Waals surface area contributed by atoms with Gasteiger partial charge in [-0.25, -0.2) is 9.13 Å². The lowest BCUT2D eigenvalue weighted by Crippen LogP contribution is -2.30. The molecule has 0 aromatic carbocycles. The fourth-order valence-electron chi connectivity index (χ4n) is 10.1. The van der Waals surface area contributed by atoms with Gasteiger partial charge in [0.25, 0.3) is 0 Å². The number of rotatable bonds is 67. The summed E-state index contributed by atoms with van der Waals surface area (Å²) in [6, 6.07) is 0. The summed E-state index contributed by atoms with van der Waals surface area (Å²) in [4.78, 5) is 72.0. The quantitative estimate of drug-likeness (QED) is 0.0222. The summed E-state index contributed by atoms with van der Waals surface area (Å²) < 4.78 is 67.8. The normalized spacial score (nSPS) is 14.2. The van der Waals surface area contributed by atoms with E-state index in [-0.39, 0.29) is 25.7 Å². The van der Waals surface area contributed by atoms with E-state index >= 15 is 0 Å². The van der Waals surface area contributed by atoms with Crippen LogP contribution in [0.25, 0.3) is 0 Å². The second-order valence-electron chi connectivity index (χ2n) is 24.7. The van der Waals surface area contributed by atoms with Crippen molar-refractivity contribution < 1.29 is 80.2 Å². The number of aliphatic hydroxyl groups excluding tert-OH is 1. The number of unbranched alkanes of at least 4 members (excludes halogenated alkanes) is 39. The van der Waals surface area contributed by atoms with Gasteiger partial charge < -0.3 is 33.8 Å². The highest BCUT2D eigenvalue weighted by atomic mass is 31.2. The van der Waals surface area contributed by atoms with Gasteiger partial charge in [-0.3, -0.25) is 37.3 Å². The third-order valence-corrected chi connectivity index (χ3v) is 17.4. The highest BCUT2D eigenvalue weighted by Crippen LogP contribution is 2.45. The monoisotopic (exact) mass is 1270 g/mol. The first-order valence-electron chi connectivity index (χ1n) is 35.1. The third-order valence-electron chi connectivity index (χ3n) is 15.5. The molecule has 0 bridgehead atoms. The molecule has 0 aliphatic rings. The summed E-state index contributed by atoms with van der Waals surface area (Å²) in [7, 11) is -9.88. The summed E-state index contributed by atoms with van der Waals surface area (Å²) in [6.45, 7) is 7.03. The van der Waals surface area contributed by atoms with Crippen molar-refractivity contribution >= 4 is 39.5 Å². The van der Waals surface area contributed by atoms with Gasteiger partial charge in [-0.15, -0.1) is 0 Å². The topological polar surface area (TPSA) is 237 Å². The van der Waals surface area contributed by atoms with E-state index in [0.29, 0.717) is 31.6 Å². The summed E-state index contributed by atoms with van der Waals surface area (Å²) in [6.07, 6.45) is 46.6. The van der Waals surface area contributed by atoms with Crippen molar-refractivity contribution in [2.45, 2.75) is 361 Å². The van der Waals surface area contributed by atoms with Crippen molar-refractivity contribution in [3.63, 3.8) is 0 Å². The molecular formula is C67H130O17P2. The van der Waals surface area contributed by atoms with Gasteiger partial charge >= 0.3 is 39.5 Å². The molecular weight excluding hydrogens is 1140 g/mol. The Bertz CT molecular complexity index is 1670. The Kier molecular flexibility index (Phi) is 59.2.